The predicted octanol–water partition coefficient (Wildman–Crippen LogP) is 2.19. The second-order valence-corrected chi connectivity index (χ2v) is 8.86. The van der Waals surface area contributed by atoms with Gasteiger partial charge in [-0.15, -0.1) is 0 Å². The minimum absolute atomic E-state index is 0.0651. The highest BCUT2D eigenvalue weighted by atomic mass is 32.2. The molecule has 0 atom stereocenters. The lowest BCUT2D eigenvalue weighted by Crippen LogP contribution is -2.31. The first-order chi connectivity index (χ1) is 13.1. The normalized spacial score (nSPS) is 12.1. The molecule has 2 aromatic rings. The van der Waals surface area contributed by atoms with Crippen LogP contribution in [0, 0.1) is 13.8 Å². The van der Waals surface area contributed by atoms with Gasteiger partial charge in [-0.05, 0) is 44.9 Å². The number of nitrogens with one attached hydrogen (secondary N) is 2. The number of aromatic nitrogens is 2. The van der Waals surface area contributed by atoms with Gasteiger partial charge >= 0.3 is 0 Å². The van der Waals surface area contributed by atoms with Crippen LogP contribution in [0.25, 0.3) is 6.08 Å². The molecule has 152 valence electrons. The minimum Gasteiger partial charge on any atom is -0.348 e. The molecule has 1 heterocycles. The third-order valence-corrected chi connectivity index (χ3v) is 5.77. The summed E-state index contributed by atoms with van der Waals surface area (Å²) in [5, 5.41) is 7.14. The predicted molar refractivity (Wildman–Crippen MR) is 111 cm³/mol. The molecular formula is C20H28N4O3S. The van der Waals surface area contributed by atoms with E-state index in [1.807, 2.05) is 33.0 Å². The Morgan fingerprint density at radius 2 is 1.79 bits per heavy atom. The van der Waals surface area contributed by atoms with E-state index >= 15 is 0 Å². The fraction of sp³-hybridized carbons (Fsp3) is 0.400. The van der Waals surface area contributed by atoms with E-state index < -0.39 is 10.0 Å². The van der Waals surface area contributed by atoms with Gasteiger partial charge < -0.3 is 5.32 Å². The molecule has 0 saturated carbocycles. The van der Waals surface area contributed by atoms with Crippen LogP contribution >= 0.6 is 0 Å². The zero-order valence-corrected chi connectivity index (χ0v) is 17.8. The number of rotatable bonds is 8. The Balaban J connectivity index is 1.90. The Morgan fingerprint density at radius 3 is 2.32 bits per heavy atom. The van der Waals surface area contributed by atoms with Crippen LogP contribution in [0.5, 0.6) is 0 Å². The van der Waals surface area contributed by atoms with Gasteiger partial charge in [-0.25, -0.2) is 13.1 Å². The second-order valence-electron chi connectivity index (χ2n) is 7.11. The zero-order chi connectivity index (χ0) is 20.9. The van der Waals surface area contributed by atoms with Crippen molar-refractivity contribution in [3.05, 3.63) is 58.4 Å². The van der Waals surface area contributed by atoms with Gasteiger partial charge in [0, 0.05) is 37.0 Å². The van der Waals surface area contributed by atoms with Crippen molar-refractivity contribution < 1.29 is 13.2 Å². The molecule has 0 aliphatic heterocycles. The van der Waals surface area contributed by atoms with E-state index in [0.717, 1.165) is 22.5 Å². The third-order valence-electron chi connectivity index (χ3n) is 4.23. The van der Waals surface area contributed by atoms with Crippen molar-refractivity contribution in [2.75, 3.05) is 0 Å². The van der Waals surface area contributed by atoms with Crippen LogP contribution in [0.1, 0.15) is 41.9 Å². The van der Waals surface area contributed by atoms with Crippen molar-refractivity contribution in [1.82, 2.24) is 19.8 Å². The van der Waals surface area contributed by atoms with Gasteiger partial charge in [-0.1, -0.05) is 24.3 Å². The summed E-state index contributed by atoms with van der Waals surface area (Å²) in [4.78, 5) is 12.1. The highest BCUT2D eigenvalue weighted by Gasteiger charge is 2.12. The summed E-state index contributed by atoms with van der Waals surface area (Å²) in [5.41, 5.74) is 4.41. The van der Waals surface area contributed by atoms with Gasteiger partial charge in [0.05, 0.1) is 11.4 Å². The van der Waals surface area contributed by atoms with Crippen molar-refractivity contribution >= 4 is 22.0 Å². The fourth-order valence-corrected chi connectivity index (χ4v) is 4.24. The largest absolute Gasteiger partial charge is 0.348 e. The van der Waals surface area contributed by atoms with Gasteiger partial charge in [0.25, 0.3) is 0 Å². The number of nitrogens with zero attached hydrogens (tertiary/aromatic N) is 2. The van der Waals surface area contributed by atoms with E-state index in [9.17, 15) is 13.2 Å². The molecule has 2 N–H and O–H groups in total. The fourth-order valence-electron chi connectivity index (χ4n) is 2.81. The van der Waals surface area contributed by atoms with Gasteiger partial charge in [0.2, 0.25) is 15.9 Å². The first-order valence-corrected chi connectivity index (χ1v) is 10.8. The number of carbonyl (C=O) groups is 1. The molecule has 0 bridgehead atoms. The van der Waals surface area contributed by atoms with Crippen molar-refractivity contribution in [2.24, 2.45) is 7.05 Å². The monoisotopic (exact) mass is 404 g/mol. The van der Waals surface area contributed by atoms with E-state index in [4.69, 9.17) is 0 Å². The highest BCUT2D eigenvalue weighted by molar-refractivity contribution is 7.88. The maximum absolute atomic E-state index is 12.1. The van der Waals surface area contributed by atoms with Crippen LogP contribution < -0.4 is 10.0 Å². The summed E-state index contributed by atoms with van der Waals surface area (Å²) >= 11 is 0. The molecule has 0 aliphatic rings. The third kappa shape index (κ3) is 6.31. The first kappa shape index (κ1) is 21.8. The number of amides is 1. The molecule has 28 heavy (non-hydrogen) atoms. The maximum Gasteiger partial charge on any atom is 0.244 e. The topological polar surface area (TPSA) is 93.1 Å². The van der Waals surface area contributed by atoms with Crippen LogP contribution in [0.2, 0.25) is 0 Å². The number of benzene rings is 1. The van der Waals surface area contributed by atoms with E-state index in [1.165, 1.54) is 6.08 Å². The lowest BCUT2D eigenvalue weighted by Gasteiger charge is -2.10. The quantitative estimate of drug-likeness (QED) is 0.660. The molecule has 7 nitrogen and oxygen atoms in total. The molecule has 0 radical (unpaired) electrons. The number of carbonyl (C=O) groups excluding carboxylic acids is 1. The Hall–Kier alpha value is -2.45. The summed E-state index contributed by atoms with van der Waals surface area (Å²) in [5.74, 6) is -0.264. The summed E-state index contributed by atoms with van der Waals surface area (Å²) in [6, 6.07) is 7.03. The van der Waals surface area contributed by atoms with E-state index in [0.29, 0.717) is 12.1 Å². The Kier molecular flexibility index (Phi) is 7.15. The molecule has 8 heteroatoms. The van der Waals surface area contributed by atoms with Crippen molar-refractivity contribution in [2.45, 2.75) is 46.0 Å². The SMILES string of the molecule is Cc1nn(C)c(C)c1/C=C/C(=O)NCc1ccc(CS(=O)(=O)NC(C)C)cc1. The van der Waals surface area contributed by atoms with Crippen LogP contribution in [0.3, 0.4) is 0 Å². The van der Waals surface area contributed by atoms with Crippen molar-refractivity contribution in [3.63, 3.8) is 0 Å². The standard InChI is InChI=1S/C20H28N4O3S/c1-14(2)23-28(26,27)13-18-8-6-17(7-9-18)12-21-20(25)11-10-19-15(3)22-24(5)16(19)4/h6-11,14,23H,12-13H2,1-5H3,(H,21,25)/b11-10+. The van der Waals surface area contributed by atoms with Crippen LogP contribution in [-0.4, -0.2) is 30.1 Å². The average molecular weight is 405 g/mol. The maximum atomic E-state index is 12.1. The van der Waals surface area contributed by atoms with Crippen LogP contribution in [0.15, 0.2) is 30.3 Å². The molecule has 0 spiro atoms. The summed E-state index contributed by atoms with van der Waals surface area (Å²) < 4.78 is 28.3. The average Bonchev–Trinajstić information content (AvgIpc) is 2.83. The lowest BCUT2D eigenvalue weighted by atomic mass is 10.1. The van der Waals surface area contributed by atoms with Gasteiger partial charge in [0.15, 0.2) is 0 Å². The van der Waals surface area contributed by atoms with Crippen molar-refractivity contribution in [1.29, 1.82) is 0 Å². The Bertz CT molecular complexity index is 958. The van der Waals surface area contributed by atoms with Gasteiger partial charge in [-0.3, -0.25) is 9.48 Å². The molecule has 1 aromatic carbocycles. The first-order valence-electron chi connectivity index (χ1n) is 9.11. The minimum atomic E-state index is -3.35. The molecule has 1 amide bonds. The van der Waals surface area contributed by atoms with E-state index in [-0.39, 0.29) is 17.7 Å². The summed E-state index contributed by atoms with van der Waals surface area (Å²) in [6.45, 7) is 7.80. The summed E-state index contributed by atoms with van der Waals surface area (Å²) in [6.07, 6.45) is 3.26. The molecule has 0 unspecified atom stereocenters. The van der Waals surface area contributed by atoms with Crippen LogP contribution in [0.4, 0.5) is 0 Å². The summed E-state index contributed by atoms with van der Waals surface area (Å²) in [7, 11) is -1.48. The molecule has 1 aromatic heterocycles. The Morgan fingerprint density at radius 1 is 1.18 bits per heavy atom. The van der Waals surface area contributed by atoms with E-state index in [2.05, 4.69) is 15.1 Å². The smallest absolute Gasteiger partial charge is 0.244 e. The number of aryl methyl sites for hydroxylation is 2. The van der Waals surface area contributed by atoms with Crippen LogP contribution in [-0.2, 0) is 34.2 Å². The molecule has 0 saturated heterocycles. The number of hydrogen-bond acceptors (Lipinski definition) is 4. The van der Waals surface area contributed by atoms with Gasteiger partial charge in [0.1, 0.15) is 0 Å². The highest BCUT2D eigenvalue weighted by Crippen LogP contribution is 2.13. The number of sulfonamides is 1. The molecule has 0 aliphatic carbocycles. The molecule has 0 fully saturated rings. The zero-order valence-electron chi connectivity index (χ0n) is 17.0. The molecular weight excluding hydrogens is 376 g/mol. The Labute approximate surface area is 166 Å². The molecule has 2 rings (SSSR count). The second kappa shape index (κ2) is 9.16. The van der Waals surface area contributed by atoms with E-state index in [1.54, 1.807) is 36.7 Å². The number of hydrogen-bond donors (Lipinski definition) is 2. The van der Waals surface area contributed by atoms with Gasteiger partial charge in [-0.2, -0.15) is 5.10 Å². The van der Waals surface area contributed by atoms with Crippen molar-refractivity contribution in [3.8, 4) is 0 Å². The lowest BCUT2D eigenvalue weighted by molar-refractivity contribution is -0.116.